The van der Waals surface area contributed by atoms with E-state index in [0.717, 1.165) is 16.9 Å². The predicted molar refractivity (Wildman–Crippen MR) is 60.3 cm³/mol. The Balaban J connectivity index is 2.68. The number of nitrogens with zero attached hydrogens (tertiary/aromatic N) is 2. The molecule has 2 rings (SSSR count). The van der Waals surface area contributed by atoms with Gasteiger partial charge in [0.2, 0.25) is 0 Å². The first-order valence-corrected chi connectivity index (χ1v) is 5.19. The highest BCUT2D eigenvalue weighted by Crippen LogP contribution is 2.18. The van der Waals surface area contributed by atoms with Gasteiger partial charge in [0.15, 0.2) is 5.78 Å². The van der Waals surface area contributed by atoms with Crippen molar-refractivity contribution in [1.82, 2.24) is 9.55 Å². The standard InChI is InChI=1S/C11H11ClN2O/c1-7(15)8-3-4-10-9(5-8)13-11(6-12)14(10)2/h3-5H,6H2,1-2H3. The summed E-state index contributed by atoms with van der Waals surface area (Å²) >= 11 is 5.76. The summed E-state index contributed by atoms with van der Waals surface area (Å²) in [6, 6.07) is 5.51. The van der Waals surface area contributed by atoms with Crippen LogP contribution in [0, 0.1) is 0 Å². The molecule has 0 saturated carbocycles. The molecule has 4 heteroatoms. The van der Waals surface area contributed by atoms with Crippen molar-refractivity contribution < 1.29 is 4.79 Å². The fraction of sp³-hybridized carbons (Fsp3) is 0.273. The second-order valence-corrected chi connectivity index (χ2v) is 3.75. The normalized spacial score (nSPS) is 10.9. The molecule has 0 radical (unpaired) electrons. The molecular weight excluding hydrogens is 212 g/mol. The monoisotopic (exact) mass is 222 g/mol. The van der Waals surface area contributed by atoms with Gasteiger partial charge in [-0.25, -0.2) is 4.98 Å². The van der Waals surface area contributed by atoms with Crippen molar-refractivity contribution in [2.45, 2.75) is 12.8 Å². The van der Waals surface area contributed by atoms with Gasteiger partial charge in [0.1, 0.15) is 5.82 Å². The van der Waals surface area contributed by atoms with E-state index in [0.29, 0.717) is 11.4 Å². The Bertz CT molecular complexity index is 531. The summed E-state index contributed by atoms with van der Waals surface area (Å²) in [4.78, 5) is 15.5. The molecule has 1 aromatic carbocycles. The summed E-state index contributed by atoms with van der Waals surface area (Å²) in [5.41, 5.74) is 2.50. The van der Waals surface area contributed by atoms with Crippen LogP contribution in [0.2, 0.25) is 0 Å². The van der Waals surface area contributed by atoms with E-state index < -0.39 is 0 Å². The van der Waals surface area contributed by atoms with Crippen LogP contribution in [0.25, 0.3) is 11.0 Å². The molecule has 0 saturated heterocycles. The van der Waals surface area contributed by atoms with Crippen LogP contribution in [0.4, 0.5) is 0 Å². The summed E-state index contributed by atoms with van der Waals surface area (Å²) in [5, 5.41) is 0. The van der Waals surface area contributed by atoms with Gasteiger partial charge in [-0.3, -0.25) is 4.79 Å². The molecule has 0 unspecified atom stereocenters. The maximum absolute atomic E-state index is 11.2. The van der Waals surface area contributed by atoms with E-state index in [4.69, 9.17) is 11.6 Å². The Hall–Kier alpha value is -1.35. The molecule has 0 aliphatic carbocycles. The summed E-state index contributed by atoms with van der Waals surface area (Å²) in [7, 11) is 1.92. The summed E-state index contributed by atoms with van der Waals surface area (Å²) in [6.07, 6.45) is 0. The number of rotatable bonds is 2. The number of aryl methyl sites for hydroxylation is 1. The van der Waals surface area contributed by atoms with Crippen LogP contribution in [0.1, 0.15) is 23.1 Å². The number of aromatic nitrogens is 2. The highest BCUT2D eigenvalue weighted by molar-refractivity contribution is 6.16. The van der Waals surface area contributed by atoms with E-state index in [2.05, 4.69) is 4.98 Å². The third kappa shape index (κ3) is 1.63. The molecule has 1 heterocycles. The maximum Gasteiger partial charge on any atom is 0.159 e. The zero-order valence-electron chi connectivity index (χ0n) is 8.62. The van der Waals surface area contributed by atoms with Gasteiger partial charge in [-0.2, -0.15) is 0 Å². The molecule has 0 aliphatic rings. The highest BCUT2D eigenvalue weighted by Gasteiger charge is 2.08. The number of fused-ring (bicyclic) bond motifs is 1. The SMILES string of the molecule is CC(=O)c1ccc2c(c1)nc(CCl)n2C. The molecular formula is C11H11ClN2O. The first-order chi connectivity index (χ1) is 7.13. The number of halogens is 1. The minimum atomic E-state index is 0.0509. The molecule has 0 fully saturated rings. The second-order valence-electron chi connectivity index (χ2n) is 3.48. The lowest BCUT2D eigenvalue weighted by atomic mass is 10.1. The largest absolute Gasteiger partial charge is 0.330 e. The number of carbonyl (C=O) groups excluding carboxylic acids is 1. The maximum atomic E-state index is 11.2. The topological polar surface area (TPSA) is 34.9 Å². The van der Waals surface area contributed by atoms with E-state index in [-0.39, 0.29) is 5.78 Å². The van der Waals surface area contributed by atoms with Gasteiger partial charge >= 0.3 is 0 Å². The Morgan fingerprint density at radius 2 is 2.27 bits per heavy atom. The van der Waals surface area contributed by atoms with Crippen molar-refractivity contribution >= 4 is 28.4 Å². The van der Waals surface area contributed by atoms with Crippen LogP contribution in [0.3, 0.4) is 0 Å². The Morgan fingerprint density at radius 1 is 1.53 bits per heavy atom. The zero-order valence-corrected chi connectivity index (χ0v) is 9.38. The van der Waals surface area contributed by atoms with Crippen LogP contribution >= 0.6 is 11.6 Å². The summed E-state index contributed by atoms with van der Waals surface area (Å²) < 4.78 is 1.94. The summed E-state index contributed by atoms with van der Waals surface area (Å²) in [6.45, 7) is 1.55. The fourth-order valence-electron chi connectivity index (χ4n) is 1.59. The third-order valence-electron chi connectivity index (χ3n) is 2.50. The number of benzene rings is 1. The quantitative estimate of drug-likeness (QED) is 0.578. The van der Waals surface area contributed by atoms with Crippen LogP contribution in [0.15, 0.2) is 18.2 Å². The van der Waals surface area contributed by atoms with E-state index in [9.17, 15) is 4.79 Å². The average Bonchev–Trinajstić information content (AvgIpc) is 2.55. The van der Waals surface area contributed by atoms with Crippen molar-refractivity contribution in [3.63, 3.8) is 0 Å². The molecule has 15 heavy (non-hydrogen) atoms. The lowest BCUT2D eigenvalue weighted by Crippen LogP contribution is -1.94. The number of hydrogen-bond donors (Lipinski definition) is 0. The van der Waals surface area contributed by atoms with Gasteiger partial charge in [-0.05, 0) is 25.1 Å². The van der Waals surface area contributed by atoms with Gasteiger partial charge in [0.25, 0.3) is 0 Å². The molecule has 0 amide bonds. The minimum absolute atomic E-state index is 0.0509. The highest BCUT2D eigenvalue weighted by atomic mass is 35.5. The van der Waals surface area contributed by atoms with Gasteiger partial charge in [0.05, 0.1) is 16.9 Å². The van der Waals surface area contributed by atoms with Crippen molar-refractivity contribution in [2.24, 2.45) is 7.05 Å². The number of Topliss-reactive ketones (excluding diaryl/α,β-unsaturated/α-hetero) is 1. The number of carbonyl (C=O) groups is 1. The van der Waals surface area contributed by atoms with Crippen LogP contribution in [0.5, 0.6) is 0 Å². The molecule has 1 aromatic heterocycles. The van der Waals surface area contributed by atoms with Crippen molar-refractivity contribution in [3.05, 3.63) is 29.6 Å². The number of imidazole rings is 1. The van der Waals surface area contributed by atoms with Gasteiger partial charge in [0, 0.05) is 12.6 Å². The predicted octanol–water partition coefficient (Wildman–Crippen LogP) is 2.51. The zero-order chi connectivity index (χ0) is 11.0. The van der Waals surface area contributed by atoms with Crippen LogP contribution in [-0.4, -0.2) is 15.3 Å². The molecule has 3 nitrogen and oxygen atoms in total. The van der Waals surface area contributed by atoms with Gasteiger partial charge in [-0.15, -0.1) is 11.6 Å². The summed E-state index contributed by atoms with van der Waals surface area (Å²) in [5.74, 6) is 1.24. The molecule has 0 bridgehead atoms. The Labute approximate surface area is 92.7 Å². The van der Waals surface area contributed by atoms with Crippen molar-refractivity contribution in [1.29, 1.82) is 0 Å². The Morgan fingerprint density at radius 3 is 2.87 bits per heavy atom. The first-order valence-electron chi connectivity index (χ1n) is 4.65. The molecule has 0 N–H and O–H groups in total. The number of alkyl halides is 1. The third-order valence-corrected chi connectivity index (χ3v) is 2.74. The second kappa shape index (κ2) is 3.66. The van der Waals surface area contributed by atoms with Gasteiger partial charge in [-0.1, -0.05) is 0 Å². The average molecular weight is 223 g/mol. The first kappa shape index (κ1) is 10.2. The van der Waals surface area contributed by atoms with E-state index in [1.54, 1.807) is 13.0 Å². The van der Waals surface area contributed by atoms with E-state index in [1.807, 2.05) is 23.7 Å². The lowest BCUT2D eigenvalue weighted by Gasteiger charge is -1.98. The van der Waals surface area contributed by atoms with Crippen LogP contribution in [-0.2, 0) is 12.9 Å². The Kier molecular flexibility index (Phi) is 2.49. The molecule has 2 aromatic rings. The molecule has 0 spiro atoms. The number of hydrogen-bond acceptors (Lipinski definition) is 2. The lowest BCUT2D eigenvalue weighted by molar-refractivity contribution is 0.101. The van der Waals surface area contributed by atoms with E-state index >= 15 is 0 Å². The van der Waals surface area contributed by atoms with Crippen molar-refractivity contribution in [3.8, 4) is 0 Å². The smallest absolute Gasteiger partial charge is 0.159 e. The van der Waals surface area contributed by atoms with E-state index in [1.165, 1.54) is 0 Å². The fourth-order valence-corrected chi connectivity index (χ4v) is 1.83. The molecule has 0 aliphatic heterocycles. The molecule has 0 atom stereocenters. The number of ketones is 1. The van der Waals surface area contributed by atoms with Gasteiger partial charge < -0.3 is 4.57 Å². The van der Waals surface area contributed by atoms with Crippen LogP contribution < -0.4 is 0 Å². The molecule has 78 valence electrons. The van der Waals surface area contributed by atoms with Crippen molar-refractivity contribution in [2.75, 3.05) is 0 Å². The minimum Gasteiger partial charge on any atom is -0.330 e.